The van der Waals surface area contributed by atoms with Gasteiger partial charge in [0.15, 0.2) is 0 Å². The number of rotatable bonds is 2. The van der Waals surface area contributed by atoms with E-state index in [0.29, 0.717) is 0 Å². The SMILES string of the molecule is CC1=N[C](C)([Zr][C]2=C(C)C(C)=C(C)C2(C)C)C(C)=C1C.Cl.Cl. The molecule has 0 aromatic heterocycles. The number of hydrogen-bond donors (Lipinski definition) is 0. The second-order valence-corrected chi connectivity index (χ2v) is 11.3. The van der Waals surface area contributed by atoms with Crippen LogP contribution in [0.5, 0.6) is 0 Å². The van der Waals surface area contributed by atoms with Gasteiger partial charge in [-0.15, -0.1) is 24.8 Å². The third-order valence-corrected chi connectivity index (χ3v) is 11.1. The van der Waals surface area contributed by atoms with Crippen LogP contribution < -0.4 is 0 Å². The van der Waals surface area contributed by atoms with Gasteiger partial charge in [-0.1, -0.05) is 0 Å². The summed E-state index contributed by atoms with van der Waals surface area (Å²) in [6, 6.07) is 0. The molecule has 1 aliphatic carbocycles. The van der Waals surface area contributed by atoms with E-state index in [1.54, 1.807) is 14.4 Å². The normalized spacial score (nSPS) is 26.9. The minimum Gasteiger partial charge on any atom is -0.147 e. The van der Waals surface area contributed by atoms with Crippen molar-refractivity contribution in [1.82, 2.24) is 0 Å². The number of aliphatic imine (C=N–C) groups is 1. The van der Waals surface area contributed by atoms with Gasteiger partial charge in [-0.3, -0.25) is 0 Å². The Kier molecular flexibility index (Phi) is 7.19. The molecule has 0 amide bonds. The van der Waals surface area contributed by atoms with Crippen LogP contribution in [0.4, 0.5) is 0 Å². The van der Waals surface area contributed by atoms with Crippen molar-refractivity contribution in [3.05, 3.63) is 31.1 Å². The molecule has 22 heavy (non-hydrogen) atoms. The first kappa shape index (κ1) is 22.4. The minimum atomic E-state index is -0.804. The van der Waals surface area contributed by atoms with Crippen LogP contribution in [-0.4, -0.2) is 8.96 Å². The van der Waals surface area contributed by atoms with E-state index in [1.807, 2.05) is 0 Å². The molecule has 1 unspecified atom stereocenters. The summed E-state index contributed by atoms with van der Waals surface area (Å²) in [4.78, 5) is 5.06. The van der Waals surface area contributed by atoms with Gasteiger partial charge in [0.25, 0.3) is 0 Å². The summed E-state index contributed by atoms with van der Waals surface area (Å²) in [7, 11) is 0. The Morgan fingerprint density at radius 2 is 1.23 bits per heavy atom. The average Bonchev–Trinajstić information content (AvgIpc) is 2.64. The van der Waals surface area contributed by atoms with Crippen molar-refractivity contribution < 1.29 is 23.2 Å². The molecule has 1 nitrogen and oxygen atoms in total. The zero-order valence-corrected chi connectivity index (χ0v) is 19.4. The number of nitrogens with zero attached hydrogens (tertiary/aromatic N) is 1. The van der Waals surface area contributed by atoms with Gasteiger partial charge in [-0.25, -0.2) is 0 Å². The topological polar surface area (TPSA) is 12.4 Å². The molecule has 0 saturated heterocycles. The van der Waals surface area contributed by atoms with Crippen LogP contribution in [0.15, 0.2) is 36.1 Å². The molecule has 4 heteroatoms. The molecular weight excluding hydrogens is 392 g/mol. The van der Waals surface area contributed by atoms with Gasteiger partial charge >= 0.3 is 136 Å². The van der Waals surface area contributed by atoms with Gasteiger partial charge < -0.3 is 0 Å². The van der Waals surface area contributed by atoms with E-state index in [-0.39, 0.29) is 33.5 Å². The van der Waals surface area contributed by atoms with Gasteiger partial charge in [0, 0.05) is 0 Å². The Bertz CT molecular complexity index is 609. The van der Waals surface area contributed by atoms with Gasteiger partial charge in [-0.05, 0) is 0 Å². The maximum Gasteiger partial charge on any atom is -0.147 e. The molecule has 1 aliphatic heterocycles. The van der Waals surface area contributed by atoms with Gasteiger partial charge in [-0.2, -0.15) is 0 Å². The Morgan fingerprint density at radius 3 is 1.55 bits per heavy atom. The molecule has 124 valence electrons. The molecule has 2 aliphatic rings. The quantitative estimate of drug-likeness (QED) is 0.512. The van der Waals surface area contributed by atoms with Crippen molar-refractivity contribution in [2.45, 2.75) is 65.6 Å². The molecule has 0 bridgehead atoms. The van der Waals surface area contributed by atoms with Crippen molar-refractivity contribution in [3.63, 3.8) is 0 Å². The summed E-state index contributed by atoms with van der Waals surface area (Å²) in [5.41, 5.74) is 9.08. The van der Waals surface area contributed by atoms with E-state index in [0.717, 1.165) is 0 Å². The monoisotopic (exact) mass is 419 g/mol. The fourth-order valence-electron chi connectivity index (χ4n) is 3.35. The van der Waals surface area contributed by atoms with Crippen LogP contribution in [0.3, 0.4) is 0 Å². The zero-order valence-electron chi connectivity index (χ0n) is 15.3. The smallest absolute Gasteiger partial charge is 0.147 e. The van der Waals surface area contributed by atoms with E-state index < -0.39 is 23.2 Å². The largest absolute Gasteiger partial charge is 0.147 e. The molecule has 0 saturated carbocycles. The average molecular weight is 422 g/mol. The Morgan fingerprint density at radius 1 is 0.727 bits per heavy atom. The van der Waals surface area contributed by atoms with E-state index in [2.05, 4.69) is 62.3 Å². The van der Waals surface area contributed by atoms with Crippen LogP contribution in [0.2, 0.25) is 0 Å². The molecule has 2 rings (SSSR count). The molecule has 0 spiro atoms. The number of allylic oxidation sites excluding steroid dienone is 5. The van der Waals surface area contributed by atoms with Crippen LogP contribution in [0.25, 0.3) is 0 Å². The predicted molar refractivity (Wildman–Crippen MR) is 99.2 cm³/mol. The predicted octanol–water partition coefficient (Wildman–Crippen LogP) is 6.09. The maximum atomic E-state index is 5.06. The van der Waals surface area contributed by atoms with E-state index in [4.69, 9.17) is 4.99 Å². The second kappa shape index (κ2) is 7.08. The molecule has 0 N–H and O–H groups in total. The number of hydrogen-bond acceptors (Lipinski definition) is 1. The summed E-state index contributed by atoms with van der Waals surface area (Å²) in [6.45, 7) is 20.8. The fourth-order valence-corrected chi connectivity index (χ4v) is 8.17. The van der Waals surface area contributed by atoms with Gasteiger partial charge in [0.05, 0.1) is 0 Å². The third-order valence-electron chi connectivity index (χ3n) is 5.66. The zero-order chi connectivity index (χ0) is 15.5. The van der Waals surface area contributed by atoms with Crippen LogP contribution in [0, 0.1) is 5.41 Å². The first-order valence-electron chi connectivity index (χ1n) is 7.45. The fraction of sp³-hybridized carbons (Fsp3) is 0.611. The summed E-state index contributed by atoms with van der Waals surface area (Å²) in [5, 5.41) is 0. The Balaban J connectivity index is 0.00000220. The van der Waals surface area contributed by atoms with Crippen molar-refractivity contribution in [2.24, 2.45) is 10.4 Å². The number of halogens is 2. The van der Waals surface area contributed by atoms with E-state index in [9.17, 15) is 0 Å². The van der Waals surface area contributed by atoms with Crippen LogP contribution >= 0.6 is 24.8 Å². The van der Waals surface area contributed by atoms with Crippen molar-refractivity contribution in [2.75, 3.05) is 0 Å². The molecule has 0 aromatic rings. The summed E-state index contributed by atoms with van der Waals surface area (Å²) < 4.78 is 1.86. The Hall–Kier alpha value is 0.353. The van der Waals surface area contributed by atoms with Crippen molar-refractivity contribution >= 4 is 30.5 Å². The Labute approximate surface area is 160 Å². The summed E-state index contributed by atoms with van der Waals surface area (Å²) in [6.07, 6.45) is 0. The molecule has 1 heterocycles. The van der Waals surface area contributed by atoms with Crippen molar-refractivity contribution in [3.8, 4) is 0 Å². The first-order valence-corrected chi connectivity index (χ1v) is 9.91. The van der Waals surface area contributed by atoms with Gasteiger partial charge in [0.2, 0.25) is 0 Å². The standard InChI is InChI=1S/C10H15.C8H12N.2ClH.Zr/c1-7-6-10(4,5)9(3)8(7)2;1-5-6(2)8(4)9-7(5)3;;;/h1-5H3;1-4H3;2*1H;. The first-order chi connectivity index (χ1) is 9.02. The van der Waals surface area contributed by atoms with E-state index >= 15 is 0 Å². The summed E-state index contributed by atoms with van der Waals surface area (Å²) in [5.74, 6) is 0. The molecular formula is C18H29Cl2NZr. The van der Waals surface area contributed by atoms with Gasteiger partial charge in [0.1, 0.15) is 0 Å². The molecule has 1 atom stereocenters. The van der Waals surface area contributed by atoms with Crippen LogP contribution in [-0.2, 0) is 23.2 Å². The maximum absolute atomic E-state index is 5.06. The molecule has 0 radical (unpaired) electrons. The molecule has 0 fully saturated rings. The molecule has 0 aromatic carbocycles. The van der Waals surface area contributed by atoms with Crippen molar-refractivity contribution in [1.29, 1.82) is 0 Å². The second-order valence-electron chi connectivity index (χ2n) is 7.02. The van der Waals surface area contributed by atoms with Crippen LogP contribution in [0.1, 0.15) is 62.3 Å². The minimum absolute atomic E-state index is 0. The van der Waals surface area contributed by atoms with E-state index in [1.165, 1.54) is 22.4 Å². The third kappa shape index (κ3) is 3.26. The summed E-state index contributed by atoms with van der Waals surface area (Å²) >= 11 is -0.804.